The highest BCUT2D eigenvalue weighted by Crippen LogP contribution is 2.22. The third-order valence-corrected chi connectivity index (χ3v) is 2.85. The molecule has 0 unspecified atom stereocenters. The zero-order chi connectivity index (χ0) is 13.6. The van der Waals surface area contributed by atoms with Crippen LogP contribution in [0, 0.1) is 0 Å². The minimum Gasteiger partial charge on any atom is -0.488 e. The summed E-state index contributed by atoms with van der Waals surface area (Å²) in [4.78, 5) is 0. The summed E-state index contributed by atoms with van der Waals surface area (Å²) in [5.74, 6) is 0.909. The van der Waals surface area contributed by atoms with E-state index in [4.69, 9.17) is 10.5 Å². The molecule has 0 spiro atoms. The third kappa shape index (κ3) is 5.54. The van der Waals surface area contributed by atoms with Crippen molar-refractivity contribution in [1.29, 1.82) is 0 Å². The van der Waals surface area contributed by atoms with Crippen molar-refractivity contribution in [2.45, 2.75) is 65.0 Å². The van der Waals surface area contributed by atoms with Gasteiger partial charge in [0.2, 0.25) is 0 Å². The van der Waals surface area contributed by atoms with E-state index in [1.807, 2.05) is 12.1 Å². The van der Waals surface area contributed by atoms with Gasteiger partial charge in [-0.2, -0.15) is 0 Å². The molecule has 0 amide bonds. The van der Waals surface area contributed by atoms with Crippen molar-refractivity contribution in [2.24, 2.45) is 5.73 Å². The number of rotatable bonds is 6. The molecular weight excluding hydrogens is 222 g/mol. The lowest BCUT2D eigenvalue weighted by Crippen LogP contribution is -2.22. The van der Waals surface area contributed by atoms with Gasteiger partial charge in [0.15, 0.2) is 0 Å². The van der Waals surface area contributed by atoms with Gasteiger partial charge >= 0.3 is 0 Å². The lowest BCUT2D eigenvalue weighted by Gasteiger charge is -2.21. The Morgan fingerprint density at radius 1 is 1.11 bits per heavy atom. The van der Waals surface area contributed by atoms with Crippen LogP contribution in [0.5, 0.6) is 5.75 Å². The fourth-order valence-electron chi connectivity index (χ4n) is 1.92. The summed E-state index contributed by atoms with van der Waals surface area (Å²) < 4.78 is 5.79. The van der Waals surface area contributed by atoms with Crippen LogP contribution in [0.1, 0.15) is 65.0 Å². The normalized spacial score (nSPS) is 13.4. The minimum atomic E-state index is -0.148. The average Bonchev–Trinajstić information content (AvgIpc) is 2.28. The maximum atomic E-state index is 6.17. The molecule has 0 aliphatic rings. The van der Waals surface area contributed by atoms with Gasteiger partial charge in [0.05, 0.1) is 0 Å². The summed E-state index contributed by atoms with van der Waals surface area (Å²) in [5.41, 5.74) is 7.23. The van der Waals surface area contributed by atoms with Crippen LogP contribution in [0.2, 0.25) is 0 Å². The van der Waals surface area contributed by atoms with Crippen molar-refractivity contribution in [1.82, 2.24) is 0 Å². The highest BCUT2D eigenvalue weighted by atomic mass is 16.5. The van der Waals surface area contributed by atoms with Crippen LogP contribution in [0.15, 0.2) is 24.3 Å². The monoisotopic (exact) mass is 249 g/mol. The smallest absolute Gasteiger partial charge is 0.120 e. The first-order valence-corrected chi connectivity index (χ1v) is 6.97. The molecule has 1 aromatic rings. The van der Waals surface area contributed by atoms with E-state index in [2.05, 4.69) is 39.8 Å². The summed E-state index contributed by atoms with van der Waals surface area (Å²) in [7, 11) is 0. The first kappa shape index (κ1) is 15.0. The lowest BCUT2D eigenvalue weighted by atomic mass is 10.0. The standard InChI is InChI=1S/C16H27NO/c1-5-6-7-8-15(17)13-9-11-14(12-10-13)18-16(2,3)4/h9-12,15H,5-8,17H2,1-4H3/t15-/m0/s1. The van der Waals surface area contributed by atoms with Crippen LogP contribution in [-0.2, 0) is 0 Å². The number of benzene rings is 1. The van der Waals surface area contributed by atoms with E-state index >= 15 is 0 Å². The maximum absolute atomic E-state index is 6.17. The predicted molar refractivity (Wildman–Crippen MR) is 77.9 cm³/mol. The van der Waals surface area contributed by atoms with Crippen LogP contribution < -0.4 is 10.5 Å². The van der Waals surface area contributed by atoms with Gasteiger partial charge in [0, 0.05) is 6.04 Å². The van der Waals surface area contributed by atoms with Gasteiger partial charge in [0.25, 0.3) is 0 Å². The average molecular weight is 249 g/mol. The molecule has 0 heterocycles. The summed E-state index contributed by atoms with van der Waals surface area (Å²) in [6.45, 7) is 8.37. The van der Waals surface area contributed by atoms with E-state index in [9.17, 15) is 0 Å². The van der Waals surface area contributed by atoms with E-state index in [1.54, 1.807) is 0 Å². The molecule has 0 saturated heterocycles. The van der Waals surface area contributed by atoms with Crippen molar-refractivity contribution in [3.8, 4) is 5.75 Å². The molecule has 0 saturated carbocycles. The molecule has 2 nitrogen and oxygen atoms in total. The van der Waals surface area contributed by atoms with Gasteiger partial charge in [-0.15, -0.1) is 0 Å². The molecule has 2 heteroatoms. The Bertz CT molecular complexity index is 337. The Hall–Kier alpha value is -1.02. The summed E-state index contributed by atoms with van der Waals surface area (Å²) in [5, 5.41) is 0. The molecule has 0 aromatic heterocycles. The number of unbranched alkanes of at least 4 members (excludes halogenated alkanes) is 2. The molecule has 1 rings (SSSR count). The van der Waals surface area contributed by atoms with Gasteiger partial charge in [0.1, 0.15) is 11.4 Å². The number of hydrogen-bond donors (Lipinski definition) is 1. The Labute approximate surface area is 112 Å². The fraction of sp³-hybridized carbons (Fsp3) is 0.625. The van der Waals surface area contributed by atoms with E-state index in [-0.39, 0.29) is 11.6 Å². The molecular formula is C16H27NO. The maximum Gasteiger partial charge on any atom is 0.120 e. The summed E-state index contributed by atoms with van der Waals surface area (Å²) >= 11 is 0. The largest absolute Gasteiger partial charge is 0.488 e. The van der Waals surface area contributed by atoms with E-state index in [0.29, 0.717) is 0 Å². The first-order chi connectivity index (χ1) is 8.42. The summed E-state index contributed by atoms with van der Waals surface area (Å²) in [6.07, 6.45) is 4.77. The topological polar surface area (TPSA) is 35.2 Å². The van der Waals surface area contributed by atoms with Gasteiger partial charge in [-0.05, 0) is 44.9 Å². The molecule has 18 heavy (non-hydrogen) atoms. The molecule has 0 aliphatic heterocycles. The molecule has 102 valence electrons. The van der Waals surface area contributed by atoms with Gasteiger partial charge in [-0.3, -0.25) is 0 Å². The second-order valence-electron chi connectivity index (χ2n) is 5.89. The number of nitrogens with two attached hydrogens (primary N) is 1. The van der Waals surface area contributed by atoms with Crippen molar-refractivity contribution < 1.29 is 4.74 Å². The fourth-order valence-corrected chi connectivity index (χ4v) is 1.92. The molecule has 0 aliphatic carbocycles. The van der Waals surface area contributed by atoms with Gasteiger partial charge < -0.3 is 10.5 Å². The lowest BCUT2D eigenvalue weighted by molar-refractivity contribution is 0.131. The predicted octanol–water partition coefficient (Wildman–Crippen LogP) is 4.44. The number of hydrogen-bond acceptors (Lipinski definition) is 2. The first-order valence-electron chi connectivity index (χ1n) is 6.97. The third-order valence-electron chi connectivity index (χ3n) is 2.85. The van der Waals surface area contributed by atoms with Crippen molar-refractivity contribution >= 4 is 0 Å². The minimum absolute atomic E-state index is 0.148. The highest BCUT2D eigenvalue weighted by Gasteiger charge is 2.12. The zero-order valence-corrected chi connectivity index (χ0v) is 12.2. The molecule has 1 aromatic carbocycles. The zero-order valence-electron chi connectivity index (χ0n) is 12.2. The molecule has 0 fully saturated rings. The Balaban J connectivity index is 2.54. The van der Waals surface area contributed by atoms with Crippen molar-refractivity contribution in [3.05, 3.63) is 29.8 Å². The SMILES string of the molecule is CCCCC[C@H](N)c1ccc(OC(C)(C)C)cc1. The van der Waals surface area contributed by atoms with Crippen molar-refractivity contribution in [3.63, 3.8) is 0 Å². The van der Waals surface area contributed by atoms with Gasteiger partial charge in [-0.1, -0.05) is 38.3 Å². The Morgan fingerprint density at radius 2 is 1.72 bits per heavy atom. The Kier molecular flexibility index (Phi) is 5.67. The molecule has 0 bridgehead atoms. The van der Waals surface area contributed by atoms with E-state index in [0.717, 1.165) is 12.2 Å². The van der Waals surface area contributed by atoms with Crippen LogP contribution >= 0.6 is 0 Å². The quantitative estimate of drug-likeness (QED) is 0.756. The van der Waals surface area contributed by atoms with Crippen LogP contribution in [0.25, 0.3) is 0 Å². The van der Waals surface area contributed by atoms with E-state index in [1.165, 1.54) is 24.8 Å². The second-order valence-corrected chi connectivity index (χ2v) is 5.89. The number of ether oxygens (including phenoxy) is 1. The van der Waals surface area contributed by atoms with Crippen LogP contribution in [0.4, 0.5) is 0 Å². The Morgan fingerprint density at radius 3 is 2.22 bits per heavy atom. The molecule has 1 atom stereocenters. The van der Waals surface area contributed by atoms with Gasteiger partial charge in [-0.25, -0.2) is 0 Å². The highest BCUT2D eigenvalue weighted by molar-refractivity contribution is 5.29. The molecule has 0 radical (unpaired) electrons. The van der Waals surface area contributed by atoms with E-state index < -0.39 is 0 Å². The van der Waals surface area contributed by atoms with Crippen LogP contribution in [-0.4, -0.2) is 5.60 Å². The molecule has 2 N–H and O–H groups in total. The van der Waals surface area contributed by atoms with Crippen molar-refractivity contribution in [2.75, 3.05) is 0 Å². The van der Waals surface area contributed by atoms with Crippen LogP contribution in [0.3, 0.4) is 0 Å². The second kappa shape index (κ2) is 6.79. The summed E-state index contributed by atoms with van der Waals surface area (Å²) in [6, 6.07) is 8.34.